The molecule has 0 unspecified atom stereocenters. The first-order valence-corrected chi connectivity index (χ1v) is 13.3. The lowest BCUT2D eigenvalue weighted by Gasteiger charge is -2.37. The van der Waals surface area contributed by atoms with Crippen molar-refractivity contribution >= 4 is 36.4 Å². The number of methoxy groups -OCH3 is 2. The number of anilines is 2. The molecule has 5 aromatic rings. The van der Waals surface area contributed by atoms with E-state index < -0.39 is 11.7 Å². The fourth-order valence-corrected chi connectivity index (χ4v) is 4.98. The molecule has 0 spiro atoms. The molecule has 12 heteroatoms. The zero-order chi connectivity index (χ0) is 29.2. The van der Waals surface area contributed by atoms with Gasteiger partial charge in [-0.2, -0.15) is 5.10 Å². The van der Waals surface area contributed by atoms with Gasteiger partial charge in [-0.05, 0) is 48.5 Å². The number of pyridine rings is 2. The number of ether oxygens (including phenoxy) is 2. The van der Waals surface area contributed by atoms with E-state index in [1.807, 2.05) is 28.9 Å². The Kier molecular flexibility index (Phi) is 7.45. The number of nitrogens with one attached hydrogen (secondary N) is 2. The van der Waals surface area contributed by atoms with Crippen LogP contribution >= 0.6 is 0 Å². The molecule has 2 N–H and O–H groups in total. The van der Waals surface area contributed by atoms with Gasteiger partial charge in [-0.25, -0.2) is 14.4 Å². The molecule has 210 valence electrons. The molecule has 1 aliphatic heterocycles. The maximum atomic E-state index is 15.7. The van der Waals surface area contributed by atoms with E-state index >= 15 is 4.39 Å². The third-order valence-electron chi connectivity index (χ3n) is 7.19. The van der Waals surface area contributed by atoms with Gasteiger partial charge < -0.3 is 24.9 Å². The highest BCUT2D eigenvalue weighted by molar-refractivity contribution is 6.06. The first-order valence-electron chi connectivity index (χ1n) is 13.3. The van der Waals surface area contributed by atoms with Crippen LogP contribution in [-0.4, -0.2) is 65.8 Å². The number of aromatic nitrogens is 4. The highest BCUT2D eigenvalue weighted by atomic mass is 19.1. The van der Waals surface area contributed by atoms with Crippen molar-refractivity contribution in [3.63, 3.8) is 0 Å². The molecule has 3 aromatic heterocycles. The first kappa shape index (κ1) is 27.2. The van der Waals surface area contributed by atoms with Gasteiger partial charge in [-0.3, -0.25) is 9.48 Å². The minimum Gasteiger partial charge on any atom is -0.497 e. The van der Waals surface area contributed by atoms with Gasteiger partial charge in [-0.1, -0.05) is 6.07 Å². The van der Waals surface area contributed by atoms with Crippen LogP contribution in [0.2, 0.25) is 0 Å². The average Bonchev–Trinajstić information content (AvgIpc) is 3.38. The van der Waals surface area contributed by atoms with Gasteiger partial charge in [0.05, 0.1) is 31.2 Å². The predicted molar refractivity (Wildman–Crippen MR) is 158 cm³/mol. The number of rotatable bonds is 9. The lowest BCUT2D eigenvalue weighted by Crippen LogP contribution is -2.46. The third kappa shape index (κ3) is 5.24. The van der Waals surface area contributed by atoms with Crippen LogP contribution in [0.3, 0.4) is 0 Å². The van der Waals surface area contributed by atoms with Gasteiger partial charge in [0.1, 0.15) is 34.6 Å². The zero-order valence-corrected chi connectivity index (χ0v) is 23.0. The second kappa shape index (κ2) is 11.5. The van der Waals surface area contributed by atoms with Crippen LogP contribution < -0.4 is 20.1 Å². The van der Waals surface area contributed by atoms with Crippen LogP contribution in [0, 0.1) is 5.82 Å². The van der Waals surface area contributed by atoms with Crippen molar-refractivity contribution < 1.29 is 18.7 Å². The Morgan fingerprint density at radius 3 is 2.62 bits per heavy atom. The van der Waals surface area contributed by atoms with Crippen LogP contribution in [0.4, 0.5) is 16.0 Å². The fraction of sp³-hybridized carbons (Fsp3) is 0.200. The van der Waals surface area contributed by atoms with Crippen molar-refractivity contribution in [2.75, 3.05) is 37.9 Å². The number of halogens is 1. The standard InChI is InChI=1S/C30H27BFN7O3/c1-41-21-8-6-19(25(14-21)42-2)15-35-29-27-24(10-12-34-29)39(20-16-38(31)17-20)37-28(27)22-9-7-18(13-23(22)32)30(40)36-26-5-3-4-11-33-26/h3-14,20H,15-17H2,1-2H3,(H,34,35)(H,33,36,40). The monoisotopic (exact) mass is 563 g/mol. The number of fused-ring (bicyclic) bond motifs is 1. The van der Waals surface area contributed by atoms with Crippen molar-refractivity contribution in [1.82, 2.24) is 24.6 Å². The Hall–Kier alpha value is -4.97. The van der Waals surface area contributed by atoms with E-state index in [0.29, 0.717) is 53.8 Å². The van der Waals surface area contributed by atoms with Gasteiger partial charge in [0.2, 0.25) is 0 Å². The Bertz CT molecular complexity index is 1760. The number of amides is 1. The number of carbonyl (C=O) groups excluding carboxylic acids is 1. The summed E-state index contributed by atoms with van der Waals surface area (Å²) < 4.78 is 28.5. The molecular formula is C30H27BFN7O3. The quantitative estimate of drug-likeness (QED) is 0.254. The van der Waals surface area contributed by atoms with Gasteiger partial charge in [0, 0.05) is 54.8 Å². The van der Waals surface area contributed by atoms with Gasteiger partial charge in [0.15, 0.2) is 7.98 Å². The Balaban J connectivity index is 1.37. The summed E-state index contributed by atoms with van der Waals surface area (Å²) in [6.07, 6.45) is 3.26. The Labute approximate surface area is 242 Å². The topological polar surface area (TPSA) is 106 Å². The van der Waals surface area contributed by atoms with E-state index in [4.69, 9.17) is 22.6 Å². The minimum atomic E-state index is -0.587. The summed E-state index contributed by atoms with van der Waals surface area (Å²) in [7, 11) is 9.12. The van der Waals surface area contributed by atoms with Crippen LogP contribution in [0.25, 0.3) is 22.2 Å². The molecule has 1 aliphatic rings. The molecular weight excluding hydrogens is 536 g/mol. The van der Waals surface area contributed by atoms with Crippen LogP contribution in [0.15, 0.2) is 73.1 Å². The molecule has 2 radical (unpaired) electrons. The molecule has 2 aromatic carbocycles. The number of carbonyl (C=O) groups is 1. The number of hydrogen-bond acceptors (Lipinski definition) is 8. The van der Waals surface area contributed by atoms with Crippen LogP contribution in [0.1, 0.15) is 22.0 Å². The molecule has 1 amide bonds. The first-order chi connectivity index (χ1) is 20.4. The van der Waals surface area contributed by atoms with Crippen LogP contribution in [-0.2, 0) is 6.54 Å². The second-order valence-electron chi connectivity index (χ2n) is 9.85. The summed E-state index contributed by atoms with van der Waals surface area (Å²) in [4.78, 5) is 23.2. The Morgan fingerprint density at radius 2 is 1.90 bits per heavy atom. The largest absolute Gasteiger partial charge is 0.497 e. The highest BCUT2D eigenvalue weighted by Crippen LogP contribution is 2.37. The van der Waals surface area contributed by atoms with Gasteiger partial charge >= 0.3 is 0 Å². The van der Waals surface area contributed by atoms with Crippen LogP contribution in [0.5, 0.6) is 11.5 Å². The van der Waals surface area contributed by atoms with Gasteiger partial charge in [-0.15, -0.1) is 0 Å². The normalized spacial score (nSPS) is 13.5. The summed E-state index contributed by atoms with van der Waals surface area (Å²) in [5, 5.41) is 11.6. The fourth-order valence-electron chi connectivity index (χ4n) is 4.98. The molecule has 1 fully saturated rings. The second-order valence-corrected chi connectivity index (χ2v) is 9.85. The molecule has 0 aliphatic carbocycles. The highest BCUT2D eigenvalue weighted by Gasteiger charge is 2.29. The molecule has 4 heterocycles. The Morgan fingerprint density at radius 1 is 1.05 bits per heavy atom. The molecule has 0 atom stereocenters. The maximum Gasteiger partial charge on any atom is 0.256 e. The van der Waals surface area contributed by atoms with Crippen molar-refractivity contribution in [3.8, 4) is 22.8 Å². The minimum absolute atomic E-state index is 0.0228. The third-order valence-corrected chi connectivity index (χ3v) is 7.19. The van der Waals surface area contributed by atoms with E-state index in [9.17, 15) is 4.79 Å². The number of hydrogen-bond donors (Lipinski definition) is 2. The van der Waals surface area contributed by atoms with Gasteiger partial charge in [0.25, 0.3) is 5.91 Å². The van der Waals surface area contributed by atoms with Crippen molar-refractivity contribution in [1.29, 1.82) is 0 Å². The van der Waals surface area contributed by atoms with Crippen molar-refractivity contribution in [2.45, 2.75) is 12.6 Å². The van der Waals surface area contributed by atoms with E-state index in [0.717, 1.165) is 11.1 Å². The van der Waals surface area contributed by atoms with E-state index in [-0.39, 0.29) is 17.2 Å². The SMILES string of the molecule is [B]N1CC(n2nc(-c3ccc(C(=O)Nc4ccccn4)cc3F)c3c(NCc4ccc(OC)cc4OC)nccc32)C1. The molecule has 6 rings (SSSR count). The molecule has 10 nitrogen and oxygen atoms in total. The number of benzene rings is 2. The lowest BCUT2D eigenvalue weighted by molar-refractivity contribution is 0.102. The molecule has 0 saturated carbocycles. The van der Waals surface area contributed by atoms with E-state index in [2.05, 4.69) is 20.6 Å². The van der Waals surface area contributed by atoms with E-state index in [1.165, 1.54) is 6.07 Å². The number of nitrogens with zero attached hydrogens (tertiary/aromatic N) is 5. The average molecular weight is 563 g/mol. The summed E-state index contributed by atoms with van der Waals surface area (Å²) in [5.41, 5.74) is 2.49. The van der Waals surface area contributed by atoms with Crippen molar-refractivity contribution in [2.24, 2.45) is 0 Å². The lowest BCUT2D eigenvalue weighted by atomic mass is 10.0. The summed E-state index contributed by atoms with van der Waals surface area (Å²) >= 11 is 0. The molecule has 42 heavy (non-hydrogen) atoms. The molecule has 0 bridgehead atoms. The summed E-state index contributed by atoms with van der Waals surface area (Å²) in [5.74, 6) is 1.20. The zero-order valence-electron chi connectivity index (χ0n) is 23.0. The summed E-state index contributed by atoms with van der Waals surface area (Å²) in [6.45, 7) is 1.61. The maximum absolute atomic E-state index is 15.7. The summed E-state index contributed by atoms with van der Waals surface area (Å²) in [6, 6.07) is 16.9. The smallest absolute Gasteiger partial charge is 0.256 e. The molecule has 1 saturated heterocycles. The van der Waals surface area contributed by atoms with Crippen molar-refractivity contribution in [3.05, 3.63) is 90.0 Å². The van der Waals surface area contributed by atoms with E-state index in [1.54, 1.807) is 61.8 Å². The predicted octanol–water partition coefficient (Wildman–Crippen LogP) is 4.45.